The molecule has 1 fully saturated rings. The van der Waals surface area contributed by atoms with Crippen molar-refractivity contribution >= 4 is 50.3 Å². The summed E-state index contributed by atoms with van der Waals surface area (Å²) in [6.45, 7) is 1.40. The summed E-state index contributed by atoms with van der Waals surface area (Å²) in [6, 6.07) is 10.9. The van der Waals surface area contributed by atoms with Crippen molar-refractivity contribution < 1.29 is 14.7 Å². The van der Waals surface area contributed by atoms with Crippen LogP contribution in [-0.2, 0) is 9.59 Å². The van der Waals surface area contributed by atoms with Crippen molar-refractivity contribution in [3.8, 4) is 0 Å². The number of carbonyl (C=O) groups is 2. The van der Waals surface area contributed by atoms with Crippen LogP contribution in [0.2, 0.25) is 0 Å². The van der Waals surface area contributed by atoms with Gasteiger partial charge < -0.3 is 10.0 Å². The summed E-state index contributed by atoms with van der Waals surface area (Å²) in [5.41, 5.74) is 1.49. The van der Waals surface area contributed by atoms with Crippen molar-refractivity contribution in [1.29, 1.82) is 0 Å². The van der Waals surface area contributed by atoms with Gasteiger partial charge in [0.15, 0.2) is 0 Å². The van der Waals surface area contributed by atoms with E-state index in [0.29, 0.717) is 30.0 Å². The quantitative estimate of drug-likeness (QED) is 0.729. The van der Waals surface area contributed by atoms with Gasteiger partial charge in [0.05, 0.1) is 11.3 Å². The molecule has 27 heavy (non-hydrogen) atoms. The van der Waals surface area contributed by atoms with Gasteiger partial charge in [-0.3, -0.25) is 9.59 Å². The lowest BCUT2D eigenvalue weighted by Crippen LogP contribution is -2.40. The molecule has 2 amide bonds. The van der Waals surface area contributed by atoms with Gasteiger partial charge in [0, 0.05) is 29.0 Å². The van der Waals surface area contributed by atoms with Gasteiger partial charge in [-0.15, -0.1) is 11.3 Å². The van der Waals surface area contributed by atoms with Crippen LogP contribution in [0.15, 0.2) is 51.9 Å². The standard InChI is InChI=1S/C20H19BrN2O3S/c21-14-5-7-15(8-6-14)23-19(25)17(16-4-2-10-27-16)18(20(23)26)22-9-1-3-13(11-22)12-24/h2,4-8,10,13,24H,1,3,9,11-12H2. The Hall–Kier alpha value is -1.96. The summed E-state index contributed by atoms with van der Waals surface area (Å²) in [5.74, 6) is -0.448. The van der Waals surface area contributed by atoms with Crippen molar-refractivity contribution in [3.05, 3.63) is 56.8 Å². The number of amides is 2. The number of hydrogen-bond acceptors (Lipinski definition) is 5. The second kappa shape index (κ2) is 7.58. The predicted octanol–water partition coefficient (Wildman–Crippen LogP) is 3.50. The zero-order valence-corrected chi connectivity index (χ0v) is 17.0. The first-order valence-electron chi connectivity index (χ1n) is 8.88. The van der Waals surface area contributed by atoms with Gasteiger partial charge in [0.1, 0.15) is 5.70 Å². The van der Waals surface area contributed by atoms with E-state index in [-0.39, 0.29) is 24.3 Å². The Morgan fingerprint density at radius 1 is 1.15 bits per heavy atom. The molecule has 2 aromatic rings. The van der Waals surface area contributed by atoms with Crippen LogP contribution in [0.25, 0.3) is 5.57 Å². The zero-order valence-electron chi connectivity index (χ0n) is 14.6. The normalized spacial score (nSPS) is 20.7. The molecular formula is C20H19BrN2O3S. The molecule has 2 aliphatic rings. The van der Waals surface area contributed by atoms with E-state index in [1.807, 2.05) is 34.5 Å². The Bertz CT molecular complexity index is 892. The highest BCUT2D eigenvalue weighted by Crippen LogP contribution is 2.38. The number of piperidine rings is 1. The molecule has 0 aliphatic carbocycles. The number of halogens is 1. The Morgan fingerprint density at radius 2 is 1.93 bits per heavy atom. The van der Waals surface area contributed by atoms with Crippen LogP contribution in [0, 0.1) is 5.92 Å². The van der Waals surface area contributed by atoms with Crippen LogP contribution in [0.4, 0.5) is 5.69 Å². The third-order valence-corrected chi connectivity index (χ3v) is 6.42. The molecule has 1 saturated heterocycles. The highest BCUT2D eigenvalue weighted by atomic mass is 79.9. The molecule has 140 valence electrons. The van der Waals surface area contributed by atoms with Crippen LogP contribution in [0.1, 0.15) is 17.7 Å². The topological polar surface area (TPSA) is 60.9 Å². The molecule has 1 atom stereocenters. The maximum Gasteiger partial charge on any atom is 0.282 e. The molecule has 4 rings (SSSR count). The summed E-state index contributed by atoms with van der Waals surface area (Å²) in [4.78, 5) is 30.7. The van der Waals surface area contributed by atoms with Gasteiger partial charge in [-0.25, -0.2) is 4.90 Å². The minimum atomic E-state index is -0.288. The van der Waals surface area contributed by atoms with Crippen molar-refractivity contribution in [2.24, 2.45) is 5.92 Å². The van der Waals surface area contributed by atoms with Crippen LogP contribution in [0.3, 0.4) is 0 Å². The Morgan fingerprint density at radius 3 is 2.59 bits per heavy atom. The summed E-state index contributed by atoms with van der Waals surface area (Å²) < 4.78 is 0.888. The lowest BCUT2D eigenvalue weighted by Gasteiger charge is -2.34. The van der Waals surface area contributed by atoms with Crippen molar-refractivity contribution in [2.45, 2.75) is 12.8 Å². The first-order chi connectivity index (χ1) is 13.1. The molecule has 3 heterocycles. The predicted molar refractivity (Wildman–Crippen MR) is 109 cm³/mol. The number of thiophene rings is 1. The second-order valence-corrected chi connectivity index (χ2v) is 8.62. The van der Waals surface area contributed by atoms with Gasteiger partial charge in [0.2, 0.25) is 0 Å². The number of likely N-dealkylation sites (tertiary alicyclic amines) is 1. The van der Waals surface area contributed by atoms with Crippen molar-refractivity contribution in [2.75, 3.05) is 24.6 Å². The largest absolute Gasteiger partial charge is 0.396 e. The second-order valence-electron chi connectivity index (χ2n) is 6.76. The third-order valence-electron chi connectivity index (χ3n) is 5.01. The number of carbonyl (C=O) groups excluding carboxylic acids is 2. The highest BCUT2D eigenvalue weighted by Gasteiger charge is 2.43. The number of benzene rings is 1. The minimum Gasteiger partial charge on any atom is -0.396 e. The molecule has 1 N–H and O–H groups in total. The molecule has 7 heteroatoms. The molecule has 1 aromatic heterocycles. The number of aliphatic hydroxyl groups is 1. The van der Waals surface area contributed by atoms with Crippen LogP contribution in [0.5, 0.6) is 0 Å². The van der Waals surface area contributed by atoms with Gasteiger partial charge >= 0.3 is 0 Å². The molecule has 0 spiro atoms. The fourth-order valence-corrected chi connectivity index (χ4v) is 4.72. The molecular weight excluding hydrogens is 428 g/mol. The van der Waals surface area contributed by atoms with E-state index in [1.165, 1.54) is 16.2 Å². The number of imide groups is 1. The molecule has 0 bridgehead atoms. The van der Waals surface area contributed by atoms with Crippen LogP contribution in [-0.4, -0.2) is 41.5 Å². The molecule has 2 aliphatic heterocycles. The van der Waals surface area contributed by atoms with E-state index in [0.717, 1.165) is 22.2 Å². The third kappa shape index (κ3) is 3.35. The minimum absolute atomic E-state index is 0.0939. The molecule has 1 unspecified atom stereocenters. The van der Waals surface area contributed by atoms with E-state index >= 15 is 0 Å². The molecule has 5 nitrogen and oxygen atoms in total. The molecule has 0 radical (unpaired) electrons. The highest BCUT2D eigenvalue weighted by molar-refractivity contribution is 9.10. The summed E-state index contributed by atoms with van der Waals surface area (Å²) in [6.07, 6.45) is 1.83. The number of nitrogens with zero attached hydrogens (tertiary/aromatic N) is 2. The van der Waals surface area contributed by atoms with Gasteiger partial charge in [-0.05, 0) is 54.5 Å². The first-order valence-corrected chi connectivity index (χ1v) is 10.6. The van der Waals surface area contributed by atoms with E-state index in [2.05, 4.69) is 15.9 Å². The van der Waals surface area contributed by atoms with Gasteiger partial charge in [-0.2, -0.15) is 0 Å². The zero-order chi connectivity index (χ0) is 19.0. The average Bonchev–Trinajstić information content (AvgIpc) is 3.29. The first kappa shape index (κ1) is 18.4. The monoisotopic (exact) mass is 446 g/mol. The lowest BCUT2D eigenvalue weighted by molar-refractivity contribution is -0.120. The Kier molecular flexibility index (Phi) is 5.16. The Labute approximate surface area is 170 Å². The lowest BCUT2D eigenvalue weighted by atomic mass is 9.98. The average molecular weight is 447 g/mol. The van der Waals surface area contributed by atoms with Gasteiger partial charge in [0.25, 0.3) is 11.8 Å². The van der Waals surface area contributed by atoms with E-state index in [1.54, 1.807) is 12.1 Å². The van der Waals surface area contributed by atoms with E-state index in [4.69, 9.17) is 0 Å². The van der Waals surface area contributed by atoms with Crippen molar-refractivity contribution in [1.82, 2.24) is 4.90 Å². The number of anilines is 1. The Balaban J connectivity index is 1.77. The summed E-state index contributed by atoms with van der Waals surface area (Å²) in [7, 11) is 0. The van der Waals surface area contributed by atoms with Crippen LogP contribution < -0.4 is 4.90 Å². The van der Waals surface area contributed by atoms with Crippen LogP contribution >= 0.6 is 27.3 Å². The van der Waals surface area contributed by atoms with Gasteiger partial charge in [-0.1, -0.05) is 22.0 Å². The molecule has 0 saturated carbocycles. The fraction of sp³-hybridized carbons (Fsp3) is 0.300. The van der Waals surface area contributed by atoms with E-state index in [9.17, 15) is 14.7 Å². The maximum absolute atomic E-state index is 13.3. The number of aliphatic hydroxyl groups excluding tert-OH is 1. The maximum atomic E-state index is 13.3. The fourth-order valence-electron chi connectivity index (χ4n) is 3.70. The molecule has 1 aromatic carbocycles. The van der Waals surface area contributed by atoms with E-state index < -0.39 is 0 Å². The summed E-state index contributed by atoms with van der Waals surface area (Å²) >= 11 is 4.85. The number of rotatable bonds is 4. The number of hydrogen-bond donors (Lipinski definition) is 1. The van der Waals surface area contributed by atoms with Crippen molar-refractivity contribution in [3.63, 3.8) is 0 Å². The SMILES string of the molecule is O=C1C(c2cccs2)=C(N2CCCC(CO)C2)C(=O)N1c1ccc(Br)cc1. The smallest absolute Gasteiger partial charge is 0.282 e. The summed E-state index contributed by atoms with van der Waals surface area (Å²) in [5, 5.41) is 11.5.